The van der Waals surface area contributed by atoms with Crippen LogP contribution >= 0.6 is 24.0 Å². The fraction of sp³-hybridized carbons (Fsp3) is 0.933. The molecule has 0 aromatic rings. The summed E-state index contributed by atoms with van der Waals surface area (Å²) in [7, 11) is 0. The Balaban J connectivity index is 0.00000400. The summed E-state index contributed by atoms with van der Waals surface area (Å²) in [5.74, 6) is 1.48. The van der Waals surface area contributed by atoms with Crippen LogP contribution in [0.2, 0.25) is 0 Å². The molecule has 5 nitrogen and oxygen atoms in total. The third-order valence-electron chi connectivity index (χ3n) is 4.01. The SMILES string of the molecule is CCNC(=NCC1(O)CCOCC1)NCC(CC)CC.I. The van der Waals surface area contributed by atoms with E-state index >= 15 is 0 Å². The van der Waals surface area contributed by atoms with Gasteiger partial charge in [-0.2, -0.15) is 0 Å². The lowest BCUT2D eigenvalue weighted by Crippen LogP contribution is -2.43. The Hall–Kier alpha value is -0.0800. The number of rotatable bonds is 7. The van der Waals surface area contributed by atoms with Crippen LogP contribution in [0.1, 0.15) is 46.5 Å². The van der Waals surface area contributed by atoms with Crippen molar-refractivity contribution in [1.82, 2.24) is 10.6 Å². The average Bonchev–Trinajstić information content (AvgIpc) is 2.46. The zero-order valence-corrected chi connectivity index (χ0v) is 16.0. The molecule has 1 heterocycles. The number of ether oxygens (including phenoxy) is 1. The molecular formula is C15H32IN3O2. The summed E-state index contributed by atoms with van der Waals surface area (Å²) < 4.78 is 5.29. The van der Waals surface area contributed by atoms with Gasteiger partial charge in [0.05, 0.1) is 12.1 Å². The van der Waals surface area contributed by atoms with Gasteiger partial charge in [-0.05, 0) is 12.8 Å². The van der Waals surface area contributed by atoms with Crippen molar-refractivity contribution in [2.45, 2.75) is 52.1 Å². The Labute approximate surface area is 146 Å². The standard InChI is InChI=1S/C15H31N3O2.HI/c1-4-13(5-2)11-17-14(16-6-3)18-12-15(19)7-9-20-10-8-15;/h13,19H,4-12H2,1-3H3,(H2,16,17,18);1H. The minimum Gasteiger partial charge on any atom is -0.388 e. The molecule has 0 spiro atoms. The van der Waals surface area contributed by atoms with E-state index in [1.165, 1.54) is 12.8 Å². The highest BCUT2D eigenvalue weighted by atomic mass is 127. The summed E-state index contributed by atoms with van der Waals surface area (Å²) >= 11 is 0. The first-order chi connectivity index (χ1) is 9.63. The molecule has 0 bridgehead atoms. The van der Waals surface area contributed by atoms with Gasteiger partial charge in [0.25, 0.3) is 0 Å². The summed E-state index contributed by atoms with van der Waals surface area (Å²) in [6.07, 6.45) is 3.68. The minimum absolute atomic E-state index is 0. The van der Waals surface area contributed by atoms with E-state index in [9.17, 15) is 5.11 Å². The number of aliphatic imine (C=N–C) groups is 1. The van der Waals surface area contributed by atoms with Crippen molar-refractivity contribution < 1.29 is 9.84 Å². The molecule has 0 atom stereocenters. The van der Waals surface area contributed by atoms with E-state index in [-0.39, 0.29) is 24.0 Å². The van der Waals surface area contributed by atoms with Crippen molar-refractivity contribution in [2.24, 2.45) is 10.9 Å². The first-order valence-electron chi connectivity index (χ1n) is 7.95. The molecule has 0 amide bonds. The van der Waals surface area contributed by atoms with Crippen LogP contribution in [0.3, 0.4) is 0 Å². The van der Waals surface area contributed by atoms with Gasteiger partial charge in [0.1, 0.15) is 0 Å². The van der Waals surface area contributed by atoms with Crippen LogP contribution in [-0.2, 0) is 4.74 Å². The Kier molecular flexibility index (Phi) is 11.4. The maximum absolute atomic E-state index is 10.4. The molecule has 1 fully saturated rings. The lowest BCUT2D eigenvalue weighted by Gasteiger charge is -2.30. The second kappa shape index (κ2) is 11.5. The van der Waals surface area contributed by atoms with Crippen LogP contribution in [0.5, 0.6) is 0 Å². The van der Waals surface area contributed by atoms with Gasteiger partial charge in [-0.25, -0.2) is 0 Å². The second-order valence-electron chi connectivity index (χ2n) is 5.60. The molecule has 0 aromatic carbocycles. The highest BCUT2D eigenvalue weighted by molar-refractivity contribution is 14.0. The van der Waals surface area contributed by atoms with Gasteiger partial charge in [-0.15, -0.1) is 24.0 Å². The van der Waals surface area contributed by atoms with Gasteiger partial charge in [-0.3, -0.25) is 4.99 Å². The molecule has 0 aliphatic carbocycles. The molecule has 1 saturated heterocycles. The van der Waals surface area contributed by atoms with Gasteiger partial charge in [0, 0.05) is 39.1 Å². The predicted molar refractivity (Wildman–Crippen MR) is 98.5 cm³/mol. The fourth-order valence-corrected chi connectivity index (χ4v) is 2.30. The topological polar surface area (TPSA) is 65.9 Å². The van der Waals surface area contributed by atoms with Crippen molar-refractivity contribution >= 4 is 29.9 Å². The Morgan fingerprint density at radius 1 is 1.19 bits per heavy atom. The molecule has 6 heteroatoms. The molecule has 0 saturated carbocycles. The van der Waals surface area contributed by atoms with E-state index in [4.69, 9.17) is 4.74 Å². The highest BCUT2D eigenvalue weighted by Crippen LogP contribution is 2.20. The number of nitrogens with one attached hydrogen (secondary N) is 2. The van der Waals surface area contributed by atoms with Crippen LogP contribution < -0.4 is 10.6 Å². The number of aliphatic hydroxyl groups is 1. The molecule has 21 heavy (non-hydrogen) atoms. The molecule has 3 N–H and O–H groups in total. The second-order valence-corrected chi connectivity index (χ2v) is 5.60. The Morgan fingerprint density at radius 2 is 1.81 bits per heavy atom. The minimum atomic E-state index is -0.699. The third kappa shape index (κ3) is 8.21. The van der Waals surface area contributed by atoms with Gasteiger partial charge in [-0.1, -0.05) is 26.7 Å². The Morgan fingerprint density at radius 3 is 2.33 bits per heavy atom. The van der Waals surface area contributed by atoms with E-state index < -0.39 is 5.60 Å². The maximum atomic E-state index is 10.4. The van der Waals surface area contributed by atoms with Gasteiger partial charge in [0.15, 0.2) is 5.96 Å². The average molecular weight is 413 g/mol. The van der Waals surface area contributed by atoms with E-state index in [2.05, 4.69) is 36.4 Å². The van der Waals surface area contributed by atoms with Crippen molar-refractivity contribution in [1.29, 1.82) is 0 Å². The smallest absolute Gasteiger partial charge is 0.191 e. The zero-order valence-electron chi connectivity index (χ0n) is 13.7. The lowest BCUT2D eigenvalue weighted by atomic mass is 9.95. The highest BCUT2D eigenvalue weighted by Gasteiger charge is 2.29. The van der Waals surface area contributed by atoms with Crippen LogP contribution in [0, 0.1) is 5.92 Å². The largest absolute Gasteiger partial charge is 0.388 e. The molecule has 126 valence electrons. The predicted octanol–water partition coefficient (Wildman–Crippen LogP) is 2.14. The van der Waals surface area contributed by atoms with Gasteiger partial charge in [0.2, 0.25) is 0 Å². The summed E-state index contributed by atoms with van der Waals surface area (Å²) in [5, 5.41) is 17.0. The maximum Gasteiger partial charge on any atom is 0.191 e. The molecule has 0 radical (unpaired) electrons. The first kappa shape index (κ1) is 20.9. The third-order valence-corrected chi connectivity index (χ3v) is 4.01. The van der Waals surface area contributed by atoms with Crippen LogP contribution in [0.4, 0.5) is 0 Å². The lowest BCUT2D eigenvalue weighted by molar-refractivity contribution is -0.0565. The van der Waals surface area contributed by atoms with Gasteiger partial charge >= 0.3 is 0 Å². The molecule has 0 unspecified atom stereocenters. The van der Waals surface area contributed by atoms with Crippen LogP contribution in [0.15, 0.2) is 4.99 Å². The quantitative estimate of drug-likeness (QED) is 0.340. The molecule has 1 rings (SSSR count). The van der Waals surface area contributed by atoms with E-state index in [1.54, 1.807) is 0 Å². The number of hydrogen-bond donors (Lipinski definition) is 3. The van der Waals surface area contributed by atoms with E-state index in [1.807, 2.05) is 0 Å². The van der Waals surface area contributed by atoms with Crippen molar-refractivity contribution in [3.63, 3.8) is 0 Å². The number of nitrogens with zero attached hydrogens (tertiary/aromatic N) is 1. The zero-order chi connectivity index (χ0) is 14.8. The summed E-state index contributed by atoms with van der Waals surface area (Å²) in [5.41, 5.74) is -0.699. The van der Waals surface area contributed by atoms with Crippen molar-refractivity contribution in [2.75, 3.05) is 32.8 Å². The summed E-state index contributed by atoms with van der Waals surface area (Å²) in [6.45, 7) is 9.94. The molecule has 0 aromatic heterocycles. The molecule has 1 aliphatic rings. The van der Waals surface area contributed by atoms with Crippen molar-refractivity contribution in [3.8, 4) is 0 Å². The fourth-order valence-electron chi connectivity index (χ4n) is 2.30. The summed E-state index contributed by atoms with van der Waals surface area (Å²) in [6, 6.07) is 0. The number of halogens is 1. The van der Waals surface area contributed by atoms with Crippen LogP contribution in [-0.4, -0.2) is 49.5 Å². The first-order valence-corrected chi connectivity index (χ1v) is 7.95. The van der Waals surface area contributed by atoms with Crippen molar-refractivity contribution in [3.05, 3.63) is 0 Å². The Bertz CT molecular complexity index is 291. The molecule has 1 aliphatic heterocycles. The van der Waals surface area contributed by atoms with Gasteiger partial charge < -0.3 is 20.5 Å². The molecular weight excluding hydrogens is 381 g/mol. The van der Waals surface area contributed by atoms with E-state index in [0.717, 1.165) is 19.0 Å². The number of guanidine groups is 1. The van der Waals surface area contributed by atoms with Crippen LogP contribution in [0.25, 0.3) is 0 Å². The monoisotopic (exact) mass is 413 g/mol. The van der Waals surface area contributed by atoms with E-state index in [0.29, 0.717) is 38.5 Å². The summed E-state index contributed by atoms with van der Waals surface area (Å²) in [4.78, 5) is 4.54. The number of hydrogen-bond acceptors (Lipinski definition) is 3. The normalized spacial score (nSPS) is 18.2.